The lowest BCUT2D eigenvalue weighted by atomic mass is 10.1. The zero-order chi connectivity index (χ0) is 25.2. The highest BCUT2D eigenvalue weighted by Crippen LogP contribution is 2.50. The van der Waals surface area contributed by atoms with Crippen LogP contribution in [0, 0.1) is 11.3 Å². The fourth-order valence-electron chi connectivity index (χ4n) is 3.28. The van der Waals surface area contributed by atoms with E-state index in [1.165, 1.54) is 0 Å². The van der Waals surface area contributed by atoms with E-state index in [2.05, 4.69) is 5.32 Å². The monoisotopic (exact) mass is 498 g/mol. The van der Waals surface area contributed by atoms with Crippen LogP contribution in [0.4, 0.5) is 4.79 Å². The molecule has 0 fully saturated rings. The van der Waals surface area contributed by atoms with Gasteiger partial charge in [-0.15, -0.1) is 0 Å². The Morgan fingerprint density at radius 2 is 1.42 bits per heavy atom. The molecule has 2 unspecified atom stereocenters. The summed E-state index contributed by atoms with van der Waals surface area (Å²) < 4.78 is 31.4. The number of amides is 1. The van der Waals surface area contributed by atoms with Gasteiger partial charge in [-0.05, 0) is 42.0 Å². The maximum Gasteiger partial charge on any atom is 0.412 e. The molecule has 4 rings (SSSR count). The molecule has 1 amide bonds. The van der Waals surface area contributed by atoms with Gasteiger partial charge in [0, 0.05) is 5.56 Å². The van der Waals surface area contributed by atoms with Crippen molar-refractivity contribution in [3.8, 4) is 11.8 Å². The number of ether oxygens (including phenoxy) is 1. The molecule has 0 heterocycles. The predicted molar refractivity (Wildman–Crippen MR) is 135 cm³/mol. The number of nitriles is 1. The van der Waals surface area contributed by atoms with Crippen LogP contribution < -0.4 is 15.1 Å². The fraction of sp³-hybridized carbons (Fsp3) is 0.0714. The van der Waals surface area contributed by atoms with Gasteiger partial charge < -0.3 is 9.26 Å². The van der Waals surface area contributed by atoms with Gasteiger partial charge >= 0.3 is 13.7 Å². The van der Waals surface area contributed by atoms with Crippen molar-refractivity contribution in [1.82, 2.24) is 5.32 Å². The van der Waals surface area contributed by atoms with Crippen LogP contribution in [0.1, 0.15) is 22.9 Å². The standard InChI is InChI=1S/C28H23N2O5P/c29-20-22-16-18-24(19-17-22)27(30-28(31)33-21-23-10-4-1-5-11-23)35-36(32,26-14-8-3-9-15-26)34-25-12-6-2-7-13-25/h1-19,27H,21H2,(H,30,31). The molecular formula is C28H23N2O5P. The van der Waals surface area contributed by atoms with E-state index in [1.807, 2.05) is 42.5 Å². The maximum absolute atomic E-state index is 14.2. The highest BCUT2D eigenvalue weighted by atomic mass is 31.2. The molecule has 36 heavy (non-hydrogen) atoms. The van der Waals surface area contributed by atoms with Crippen molar-refractivity contribution < 1.29 is 23.1 Å². The van der Waals surface area contributed by atoms with Gasteiger partial charge in [-0.1, -0.05) is 78.9 Å². The number of hydrogen-bond acceptors (Lipinski definition) is 6. The van der Waals surface area contributed by atoms with Crippen LogP contribution in [-0.4, -0.2) is 6.09 Å². The molecule has 2 atom stereocenters. The van der Waals surface area contributed by atoms with E-state index in [1.54, 1.807) is 78.9 Å². The van der Waals surface area contributed by atoms with E-state index in [0.717, 1.165) is 5.56 Å². The third kappa shape index (κ3) is 6.61. The van der Waals surface area contributed by atoms with E-state index >= 15 is 0 Å². The number of carbonyl (C=O) groups is 1. The first-order valence-corrected chi connectivity index (χ1v) is 12.7. The molecule has 0 radical (unpaired) electrons. The lowest BCUT2D eigenvalue weighted by Crippen LogP contribution is -2.31. The molecular weight excluding hydrogens is 475 g/mol. The summed E-state index contributed by atoms with van der Waals surface area (Å²) in [5.41, 5.74) is 1.69. The smallest absolute Gasteiger partial charge is 0.412 e. The average molecular weight is 498 g/mol. The predicted octanol–water partition coefficient (Wildman–Crippen LogP) is 6.10. The zero-order valence-electron chi connectivity index (χ0n) is 19.2. The van der Waals surface area contributed by atoms with Gasteiger partial charge in [0.1, 0.15) is 12.4 Å². The molecule has 180 valence electrons. The Hall–Kier alpha value is -4.37. The fourth-order valence-corrected chi connectivity index (χ4v) is 4.94. The molecule has 7 nitrogen and oxygen atoms in total. The van der Waals surface area contributed by atoms with Crippen molar-refractivity contribution in [1.29, 1.82) is 5.26 Å². The number of alkyl carbamates (subject to hydrolysis) is 1. The van der Waals surface area contributed by atoms with Crippen molar-refractivity contribution in [2.45, 2.75) is 12.8 Å². The van der Waals surface area contributed by atoms with Crippen LogP contribution in [0.3, 0.4) is 0 Å². The highest BCUT2D eigenvalue weighted by molar-refractivity contribution is 7.62. The van der Waals surface area contributed by atoms with Crippen molar-refractivity contribution >= 4 is 19.0 Å². The molecule has 0 saturated heterocycles. The van der Waals surface area contributed by atoms with Crippen LogP contribution >= 0.6 is 7.60 Å². The Kier molecular flexibility index (Phi) is 8.15. The zero-order valence-corrected chi connectivity index (χ0v) is 20.1. The van der Waals surface area contributed by atoms with Gasteiger partial charge in [0.05, 0.1) is 16.9 Å². The minimum Gasteiger partial charge on any atom is -0.445 e. The van der Waals surface area contributed by atoms with Gasteiger partial charge in [0.25, 0.3) is 0 Å². The number of carbonyl (C=O) groups excluding carboxylic acids is 1. The van der Waals surface area contributed by atoms with E-state index in [4.69, 9.17) is 19.0 Å². The summed E-state index contributed by atoms with van der Waals surface area (Å²) in [5, 5.41) is 12.1. The molecule has 0 spiro atoms. The average Bonchev–Trinajstić information content (AvgIpc) is 2.93. The minimum absolute atomic E-state index is 0.0453. The number of benzene rings is 4. The van der Waals surface area contributed by atoms with Crippen molar-refractivity contribution in [2.24, 2.45) is 0 Å². The highest BCUT2D eigenvalue weighted by Gasteiger charge is 2.34. The van der Waals surface area contributed by atoms with Crippen LogP contribution in [0.15, 0.2) is 115 Å². The van der Waals surface area contributed by atoms with E-state index < -0.39 is 19.9 Å². The molecule has 0 aromatic heterocycles. The lowest BCUT2D eigenvalue weighted by molar-refractivity contribution is 0.102. The molecule has 8 heteroatoms. The lowest BCUT2D eigenvalue weighted by Gasteiger charge is -2.26. The Labute approximate surface area is 209 Å². The second-order valence-electron chi connectivity index (χ2n) is 7.66. The summed E-state index contributed by atoms with van der Waals surface area (Å²) in [7, 11) is -4.00. The first kappa shape index (κ1) is 24.7. The van der Waals surface area contributed by atoms with Crippen molar-refractivity contribution in [2.75, 3.05) is 0 Å². The van der Waals surface area contributed by atoms with E-state index in [9.17, 15) is 9.36 Å². The number of nitrogens with one attached hydrogen (secondary N) is 1. The van der Waals surface area contributed by atoms with Gasteiger partial charge in [-0.2, -0.15) is 5.26 Å². The molecule has 4 aromatic carbocycles. The van der Waals surface area contributed by atoms with Gasteiger partial charge in [0.15, 0.2) is 6.23 Å². The SMILES string of the molecule is N#Cc1ccc(C(NC(=O)OCc2ccccc2)OP(=O)(Oc2ccccc2)c2ccccc2)cc1. The number of nitrogens with zero attached hydrogens (tertiary/aromatic N) is 1. The van der Waals surface area contributed by atoms with Crippen LogP contribution in [-0.2, 0) is 20.4 Å². The quantitative estimate of drug-likeness (QED) is 0.221. The summed E-state index contributed by atoms with van der Waals surface area (Å²) in [6.45, 7) is 0.0453. The first-order chi connectivity index (χ1) is 17.6. The third-order valence-electron chi connectivity index (χ3n) is 5.09. The summed E-state index contributed by atoms with van der Waals surface area (Å²) in [6.07, 6.45) is -1.97. The third-order valence-corrected chi connectivity index (χ3v) is 6.96. The molecule has 0 aliphatic carbocycles. The summed E-state index contributed by atoms with van der Waals surface area (Å²) in [6, 6.07) is 34.8. The molecule has 0 saturated carbocycles. The molecule has 0 aliphatic rings. The topological polar surface area (TPSA) is 97.7 Å². The number of hydrogen-bond donors (Lipinski definition) is 1. The Bertz CT molecular complexity index is 1360. The summed E-state index contributed by atoms with van der Waals surface area (Å²) in [5.74, 6) is 0.343. The minimum atomic E-state index is -4.00. The van der Waals surface area contributed by atoms with Crippen LogP contribution in [0.25, 0.3) is 0 Å². The van der Waals surface area contributed by atoms with E-state index in [-0.39, 0.29) is 6.61 Å². The van der Waals surface area contributed by atoms with Gasteiger partial charge in [0.2, 0.25) is 0 Å². The largest absolute Gasteiger partial charge is 0.445 e. The summed E-state index contributed by atoms with van der Waals surface area (Å²) >= 11 is 0. The number of rotatable bonds is 9. The van der Waals surface area contributed by atoms with Crippen LogP contribution in [0.2, 0.25) is 0 Å². The van der Waals surface area contributed by atoms with Gasteiger partial charge in [-0.25, -0.2) is 9.36 Å². The van der Waals surface area contributed by atoms with Crippen molar-refractivity contribution in [3.05, 3.63) is 132 Å². The molecule has 4 aromatic rings. The van der Waals surface area contributed by atoms with Gasteiger partial charge in [-0.3, -0.25) is 9.84 Å². The molecule has 0 bridgehead atoms. The second-order valence-corrected chi connectivity index (χ2v) is 9.57. The number of para-hydroxylation sites is 1. The van der Waals surface area contributed by atoms with E-state index in [0.29, 0.717) is 22.2 Å². The summed E-state index contributed by atoms with van der Waals surface area (Å²) in [4.78, 5) is 12.7. The maximum atomic E-state index is 14.2. The molecule has 1 N–H and O–H groups in total. The van der Waals surface area contributed by atoms with Crippen molar-refractivity contribution in [3.63, 3.8) is 0 Å². The normalized spacial score (nSPS) is 13.0. The molecule has 0 aliphatic heterocycles. The Morgan fingerprint density at radius 3 is 2.03 bits per heavy atom. The Morgan fingerprint density at radius 1 is 0.833 bits per heavy atom. The second kappa shape index (κ2) is 11.9. The van der Waals surface area contributed by atoms with Crippen LogP contribution in [0.5, 0.6) is 5.75 Å². The Balaban J connectivity index is 1.62. The first-order valence-electron chi connectivity index (χ1n) is 11.1.